The Hall–Kier alpha value is -1.60. The molecule has 1 atom stereocenters. The summed E-state index contributed by atoms with van der Waals surface area (Å²) in [6.07, 6.45) is 4.00. The zero-order valence-electron chi connectivity index (χ0n) is 16.8. The molecule has 2 heterocycles. The molecule has 148 valence electrons. The number of H-pyrrole nitrogens is 1. The summed E-state index contributed by atoms with van der Waals surface area (Å²) in [5, 5.41) is 13.9. The molecular formula is C19H36N6O. The first kappa shape index (κ1) is 20.7. The Morgan fingerprint density at radius 1 is 1.35 bits per heavy atom. The Bertz CT molecular complexity index is 536. The van der Waals surface area contributed by atoms with E-state index in [2.05, 4.69) is 53.4 Å². The van der Waals surface area contributed by atoms with E-state index in [0.717, 1.165) is 70.4 Å². The highest BCUT2D eigenvalue weighted by molar-refractivity contribution is 5.79. The molecule has 1 unspecified atom stereocenters. The SMILES string of the molecule is CCNC(=NCC(C(C)C)N1CCOCC1)NCCCc1cn[nH]c1C. The highest BCUT2D eigenvalue weighted by Crippen LogP contribution is 2.13. The van der Waals surface area contributed by atoms with Gasteiger partial charge >= 0.3 is 0 Å². The second-order valence-electron chi connectivity index (χ2n) is 7.23. The van der Waals surface area contributed by atoms with Crippen molar-refractivity contribution < 1.29 is 4.74 Å². The van der Waals surface area contributed by atoms with E-state index in [1.165, 1.54) is 5.56 Å². The Morgan fingerprint density at radius 2 is 2.12 bits per heavy atom. The molecule has 3 N–H and O–H groups in total. The summed E-state index contributed by atoms with van der Waals surface area (Å²) in [5.74, 6) is 1.49. The van der Waals surface area contributed by atoms with Gasteiger partial charge in [-0.3, -0.25) is 15.0 Å². The van der Waals surface area contributed by atoms with Gasteiger partial charge in [-0.1, -0.05) is 13.8 Å². The van der Waals surface area contributed by atoms with Crippen LogP contribution in [0.4, 0.5) is 0 Å². The van der Waals surface area contributed by atoms with Crippen molar-refractivity contribution in [3.63, 3.8) is 0 Å². The van der Waals surface area contributed by atoms with Crippen molar-refractivity contribution in [1.82, 2.24) is 25.7 Å². The van der Waals surface area contributed by atoms with Crippen molar-refractivity contribution in [2.75, 3.05) is 45.9 Å². The Kier molecular flexibility index (Phi) is 8.91. The van der Waals surface area contributed by atoms with E-state index in [0.29, 0.717) is 12.0 Å². The van der Waals surface area contributed by atoms with Crippen LogP contribution in [-0.4, -0.2) is 73.0 Å². The lowest BCUT2D eigenvalue weighted by molar-refractivity contribution is 0.00867. The molecule has 1 aliphatic heterocycles. The number of nitrogens with one attached hydrogen (secondary N) is 3. The number of rotatable bonds is 9. The van der Waals surface area contributed by atoms with Crippen LogP contribution in [0.1, 0.15) is 38.4 Å². The maximum absolute atomic E-state index is 5.49. The lowest BCUT2D eigenvalue weighted by atomic mass is 10.0. The predicted molar refractivity (Wildman–Crippen MR) is 107 cm³/mol. The second-order valence-corrected chi connectivity index (χ2v) is 7.23. The van der Waals surface area contributed by atoms with Gasteiger partial charge in [0.25, 0.3) is 0 Å². The fourth-order valence-electron chi connectivity index (χ4n) is 3.30. The highest BCUT2D eigenvalue weighted by atomic mass is 16.5. The lowest BCUT2D eigenvalue weighted by Crippen LogP contribution is -2.48. The molecule has 0 radical (unpaired) electrons. The second kappa shape index (κ2) is 11.2. The fourth-order valence-corrected chi connectivity index (χ4v) is 3.30. The first-order valence-corrected chi connectivity index (χ1v) is 9.94. The third kappa shape index (κ3) is 6.61. The number of aliphatic imine (C=N–C) groups is 1. The number of morpholine rings is 1. The van der Waals surface area contributed by atoms with Crippen molar-refractivity contribution in [1.29, 1.82) is 0 Å². The zero-order valence-corrected chi connectivity index (χ0v) is 16.8. The number of hydrogen-bond donors (Lipinski definition) is 3. The van der Waals surface area contributed by atoms with Crippen molar-refractivity contribution in [3.8, 4) is 0 Å². The van der Waals surface area contributed by atoms with E-state index in [4.69, 9.17) is 9.73 Å². The van der Waals surface area contributed by atoms with Crippen molar-refractivity contribution in [3.05, 3.63) is 17.5 Å². The van der Waals surface area contributed by atoms with Gasteiger partial charge in [0.1, 0.15) is 0 Å². The molecule has 1 saturated heterocycles. The molecule has 1 fully saturated rings. The largest absolute Gasteiger partial charge is 0.379 e. The van der Waals surface area contributed by atoms with Gasteiger partial charge in [0, 0.05) is 37.9 Å². The van der Waals surface area contributed by atoms with Crippen LogP contribution in [0.2, 0.25) is 0 Å². The van der Waals surface area contributed by atoms with E-state index < -0.39 is 0 Å². The molecule has 26 heavy (non-hydrogen) atoms. The van der Waals surface area contributed by atoms with E-state index in [-0.39, 0.29) is 0 Å². The molecule has 0 spiro atoms. The molecule has 0 saturated carbocycles. The number of aromatic nitrogens is 2. The van der Waals surface area contributed by atoms with Gasteiger partial charge in [-0.25, -0.2) is 0 Å². The summed E-state index contributed by atoms with van der Waals surface area (Å²) in [5.41, 5.74) is 2.46. The number of guanidine groups is 1. The zero-order chi connectivity index (χ0) is 18.8. The van der Waals surface area contributed by atoms with Gasteiger partial charge in [0.2, 0.25) is 0 Å². The van der Waals surface area contributed by atoms with E-state index in [1.54, 1.807) is 0 Å². The number of ether oxygens (including phenoxy) is 1. The van der Waals surface area contributed by atoms with Crippen LogP contribution in [0.3, 0.4) is 0 Å². The standard InChI is InChI=1S/C19H36N6O/c1-5-20-19(21-8-6-7-17-13-23-24-16(17)4)22-14-18(15(2)3)25-9-11-26-12-10-25/h13,15,18H,5-12,14H2,1-4H3,(H,23,24)(H2,20,21,22). The Labute approximate surface area is 158 Å². The molecule has 1 aromatic rings. The molecule has 0 bridgehead atoms. The lowest BCUT2D eigenvalue weighted by Gasteiger charge is -2.36. The fraction of sp³-hybridized carbons (Fsp3) is 0.789. The van der Waals surface area contributed by atoms with Crippen LogP contribution < -0.4 is 10.6 Å². The predicted octanol–water partition coefficient (Wildman–Crippen LogP) is 1.56. The molecule has 1 aromatic heterocycles. The van der Waals surface area contributed by atoms with Gasteiger partial charge in [0.05, 0.1) is 26.0 Å². The first-order chi connectivity index (χ1) is 12.6. The summed E-state index contributed by atoms with van der Waals surface area (Å²) in [6.45, 7) is 15.0. The van der Waals surface area contributed by atoms with Crippen molar-refractivity contribution >= 4 is 5.96 Å². The quantitative estimate of drug-likeness (QED) is 0.352. The highest BCUT2D eigenvalue weighted by Gasteiger charge is 2.23. The molecule has 0 aliphatic carbocycles. The number of aromatic amines is 1. The van der Waals surface area contributed by atoms with Crippen LogP contribution >= 0.6 is 0 Å². The van der Waals surface area contributed by atoms with Crippen LogP contribution in [0, 0.1) is 12.8 Å². The summed E-state index contributed by atoms with van der Waals surface area (Å²) in [7, 11) is 0. The average Bonchev–Trinajstić information content (AvgIpc) is 3.04. The number of aryl methyl sites for hydroxylation is 2. The minimum Gasteiger partial charge on any atom is -0.379 e. The molecule has 1 aliphatic rings. The van der Waals surface area contributed by atoms with Gasteiger partial charge in [0.15, 0.2) is 5.96 Å². The molecular weight excluding hydrogens is 328 g/mol. The third-order valence-electron chi connectivity index (χ3n) is 4.91. The van der Waals surface area contributed by atoms with Gasteiger partial charge in [-0.2, -0.15) is 5.10 Å². The molecule has 0 aromatic carbocycles. The van der Waals surface area contributed by atoms with Crippen LogP contribution in [-0.2, 0) is 11.2 Å². The minimum atomic E-state index is 0.461. The molecule has 7 nitrogen and oxygen atoms in total. The first-order valence-electron chi connectivity index (χ1n) is 9.94. The molecule has 7 heteroatoms. The van der Waals surface area contributed by atoms with E-state index in [9.17, 15) is 0 Å². The summed E-state index contributed by atoms with van der Waals surface area (Å²) < 4.78 is 5.49. The minimum absolute atomic E-state index is 0.461. The summed E-state index contributed by atoms with van der Waals surface area (Å²) in [4.78, 5) is 7.37. The maximum atomic E-state index is 5.49. The van der Waals surface area contributed by atoms with Gasteiger partial charge in [-0.15, -0.1) is 0 Å². The van der Waals surface area contributed by atoms with Crippen molar-refractivity contribution in [2.24, 2.45) is 10.9 Å². The van der Waals surface area contributed by atoms with E-state index >= 15 is 0 Å². The molecule has 0 amide bonds. The Morgan fingerprint density at radius 3 is 2.73 bits per heavy atom. The summed E-state index contributed by atoms with van der Waals surface area (Å²) in [6, 6.07) is 0.461. The van der Waals surface area contributed by atoms with Crippen LogP contribution in [0.5, 0.6) is 0 Å². The van der Waals surface area contributed by atoms with Crippen LogP contribution in [0.25, 0.3) is 0 Å². The van der Waals surface area contributed by atoms with Gasteiger partial charge < -0.3 is 15.4 Å². The van der Waals surface area contributed by atoms with Crippen molar-refractivity contribution in [2.45, 2.75) is 46.6 Å². The van der Waals surface area contributed by atoms with Crippen LogP contribution in [0.15, 0.2) is 11.2 Å². The number of hydrogen-bond acceptors (Lipinski definition) is 4. The third-order valence-corrected chi connectivity index (χ3v) is 4.91. The average molecular weight is 365 g/mol. The molecule has 2 rings (SSSR count). The topological polar surface area (TPSA) is 77.6 Å². The monoisotopic (exact) mass is 364 g/mol. The maximum Gasteiger partial charge on any atom is 0.191 e. The Balaban J connectivity index is 1.82. The van der Waals surface area contributed by atoms with Gasteiger partial charge in [-0.05, 0) is 38.2 Å². The summed E-state index contributed by atoms with van der Waals surface area (Å²) >= 11 is 0. The number of nitrogens with zero attached hydrogens (tertiary/aromatic N) is 3. The normalized spacial score (nSPS) is 17.5. The smallest absolute Gasteiger partial charge is 0.191 e. The van der Waals surface area contributed by atoms with E-state index in [1.807, 2.05) is 6.20 Å².